The quantitative estimate of drug-likeness (QED) is 0.605. The van der Waals surface area contributed by atoms with Crippen LogP contribution in [0.3, 0.4) is 0 Å². The summed E-state index contributed by atoms with van der Waals surface area (Å²) in [5.74, 6) is -1.59. The number of nitrogens with one attached hydrogen (secondary N) is 2. The van der Waals surface area contributed by atoms with Crippen molar-refractivity contribution in [1.29, 1.82) is 0 Å². The summed E-state index contributed by atoms with van der Waals surface area (Å²) in [5, 5.41) is 5.37. The summed E-state index contributed by atoms with van der Waals surface area (Å²) in [6.45, 7) is 1.02. The van der Waals surface area contributed by atoms with Crippen molar-refractivity contribution in [2.24, 2.45) is 5.92 Å². The zero-order chi connectivity index (χ0) is 25.9. The number of ether oxygens (including phenoxy) is 1. The Bertz CT molecular complexity index is 1140. The van der Waals surface area contributed by atoms with Gasteiger partial charge in [-0.25, -0.2) is 4.98 Å². The molecule has 12 heteroatoms. The van der Waals surface area contributed by atoms with Gasteiger partial charge >= 0.3 is 6.18 Å². The van der Waals surface area contributed by atoms with E-state index in [1.54, 1.807) is 4.90 Å². The van der Waals surface area contributed by atoms with Crippen LogP contribution in [0.1, 0.15) is 41.6 Å². The van der Waals surface area contributed by atoms with Crippen LogP contribution in [-0.4, -0.2) is 53.4 Å². The number of alkyl halides is 3. The third-order valence-corrected chi connectivity index (χ3v) is 6.57. The Morgan fingerprint density at radius 2 is 1.83 bits per heavy atom. The van der Waals surface area contributed by atoms with Gasteiger partial charge in [-0.2, -0.15) is 13.2 Å². The zero-order valence-corrected chi connectivity index (χ0v) is 19.9. The molecule has 1 aromatic carbocycles. The maximum absolute atomic E-state index is 13.4. The van der Waals surface area contributed by atoms with E-state index in [4.69, 9.17) is 16.3 Å². The van der Waals surface area contributed by atoms with E-state index >= 15 is 0 Å². The van der Waals surface area contributed by atoms with Gasteiger partial charge in [0.05, 0.1) is 28.4 Å². The fraction of sp³-hybridized carbons (Fsp3) is 0.417. The number of carbonyl (C=O) groups excluding carboxylic acids is 3. The second-order valence-corrected chi connectivity index (χ2v) is 9.14. The molecule has 1 aromatic heterocycles. The molecule has 4 rings (SSSR count). The lowest BCUT2D eigenvalue weighted by atomic mass is 9.84. The smallest absolute Gasteiger partial charge is 0.370 e. The van der Waals surface area contributed by atoms with Crippen LogP contribution in [0, 0.1) is 5.92 Å². The molecule has 2 aliphatic rings. The first-order chi connectivity index (χ1) is 17.1. The van der Waals surface area contributed by atoms with Gasteiger partial charge in [0.25, 0.3) is 5.91 Å². The van der Waals surface area contributed by atoms with Crippen LogP contribution in [0.25, 0.3) is 0 Å². The van der Waals surface area contributed by atoms with E-state index in [-0.39, 0.29) is 35.6 Å². The molecule has 36 heavy (non-hydrogen) atoms. The van der Waals surface area contributed by atoms with Crippen LogP contribution >= 0.6 is 11.6 Å². The number of benzene rings is 1. The molecule has 2 aromatic rings. The number of morpholine rings is 1. The minimum Gasteiger partial charge on any atom is -0.370 e. The first kappa shape index (κ1) is 25.9. The van der Waals surface area contributed by atoms with Crippen molar-refractivity contribution in [3.63, 3.8) is 0 Å². The number of anilines is 2. The number of hydrogen-bond acceptors (Lipinski definition) is 5. The minimum absolute atomic E-state index is 0.00669. The van der Waals surface area contributed by atoms with Gasteiger partial charge in [-0.15, -0.1) is 0 Å². The molecule has 3 amide bonds. The van der Waals surface area contributed by atoms with Gasteiger partial charge in [0.2, 0.25) is 11.8 Å². The lowest BCUT2D eigenvalue weighted by Crippen LogP contribution is -2.49. The average Bonchev–Trinajstić information content (AvgIpc) is 2.85. The van der Waals surface area contributed by atoms with Gasteiger partial charge in [0.1, 0.15) is 12.4 Å². The van der Waals surface area contributed by atoms with Gasteiger partial charge in [-0.3, -0.25) is 14.4 Å². The first-order valence-electron chi connectivity index (χ1n) is 11.4. The van der Waals surface area contributed by atoms with Crippen molar-refractivity contribution in [1.82, 2.24) is 9.88 Å². The second kappa shape index (κ2) is 10.8. The summed E-state index contributed by atoms with van der Waals surface area (Å²) in [6, 6.07) is 5.50. The van der Waals surface area contributed by atoms with E-state index in [9.17, 15) is 27.6 Å². The van der Waals surface area contributed by atoms with Crippen molar-refractivity contribution >= 4 is 40.8 Å². The normalized spacial score (nSPS) is 20.7. The number of amides is 3. The van der Waals surface area contributed by atoms with E-state index in [2.05, 4.69) is 15.6 Å². The Kier molecular flexibility index (Phi) is 7.79. The highest BCUT2D eigenvalue weighted by Gasteiger charge is 2.34. The summed E-state index contributed by atoms with van der Waals surface area (Å²) in [4.78, 5) is 43.6. The van der Waals surface area contributed by atoms with Crippen LogP contribution in [0.5, 0.6) is 0 Å². The Labute approximate surface area is 210 Å². The lowest BCUT2D eigenvalue weighted by molar-refractivity contribution is -0.146. The van der Waals surface area contributed by atoms with E-state index in [1.807, 2.05) is 0 Å². The van der Waals surface area contributed by atoms with Crippen LogP contribution in [0.15, 0.2) is 36.5 Å². The molecule has 0 bridgehead atoms. The number of aromatic nitrogens is 1. The molecule has 0 spiro atoms. The van der Waals surface area contributed by atoms with Crippen LogP contribution in [-0.2, 0) is 20.5 Å². The van der Waals surface area contributed by atoms with E-state index in [0.717, 1.165) is 18.2 Å². The maximum atomic E-state index is 13.4. The third kappa shape index (κ3) is 6.14. The van der Waals surface area contributed by atoms with Gasteiger partial charge in [-0.1, -0.05) is 11.6 Å². The Morgan fingerprint density at radius 1 is 1.08 bits per heavy atom. The van der Waals surface area contributed by atoms with Gasteiger partial charge in [0, 0.05) is 24.7 Å². The molecule has 2 heterocycles. The van der Waals surface area contributed by atoms with Crippen LogP contribution in [0.2, 0.25) is 5.02 Å². The monoisotopic (exact) mass is 524 g/mol. The number of halogens is 4. The molecular weight excluding hydrogens is 501 g/mol. The fourth-order valence-electron chi connectivity index (χ4n) is 4.46. The predicted octanol–water partition coefficient (Wildman–Crippen LogP) is 4.36. The minimum atomic E-state index is -4.66. The van der Waals surface area contributed by atoms with Gasteiger partial charge in [0.15, 0.2) is 0 Å². The highest BCUT2D eigenvalue weighted by Crippen LogP contribution is 2.34. The van der Waals surface area contributed by atoms with Crippen molar-refractivity contribution in [3.8, 4) is 0 Å². The number of carbonyl (C=O) groups is 3. The molecule has 1 aliphatic heterocycles. The molecule has 8 nitrogen and oxygen atoms in total. The molecule has 1 saturated heterocycles. The predicted molar refractivity (Wildman–Crippen MR) is 126 cm³/mol. The Hall–Kier alpha value is -3.18. The molecule has 0 unspecified atom stereocenters. The maximum Gasteiger partial charge on any atom is 0.416 e. The standard InChI is InChI=1S/C24H24ClF3N4O4/c25-16-4-8-20(29-12-16)31-23(35)18-7-3-15(24(26,27)28)11-19(18)30-22(34)14-1-5-17(6-2-14)32-9-10-36-13-21(32)33/h3-4,7-8,11-12,14,17H,1-2,5-6,9-10,13H2,(H,30,34)(H,29,31,35). The number of pyridine rings is 1. The molecule has 1 aliphatic carbocycles. The van der Waals surface area contributed by atoms with E-state index in [1.165, 1.54) is 18.3 Å². The summed E-state index contributed by atoms with van der Waals surface area (Å²) in [5.41, 5.74) is -1.37. The van der Waals surface area contributed by atoms with E-state index < -0.39 is 29.5 Å². The molecule has 2 fully saturated rings. The number of hydrogen-bond donors (Lipinski definition) is 2. The third-order valence-electron chi connectivity index (χ3n) is 6.35. The number of nitrogens with zero attached hydrogens (tertiary/aromatic N) is 2. The van der Waals surface area contributed by atoms with Gasteiger partial charge < -0.3 is 20.3 Å². The van der Waals surface area contributed by atoms with Crippen LogP contribution in [0.4, 0.5) is 24.7 Å². The summed E-state index contributed by atoms with van der Waals surface area (Å²) < 4.78 is 45.2. The molecule has 192 valence electrons. The summed E-state index contributed by atoms with van der Waals surface area (Å²) in [7, 11) is 0. The number of rotatable bonds is 5. The van der Waals surface area contributed by atoms with Crippen molar-refractivity contribution in [3.05, 3.63) is 52.7 Å². The molecule has 1 saturated carbocycles. The summed E-state index contributed by atoms with van der Waals surface area (Å²) in [6.07, 6.45) is -1.21. The molecule has 0 radical (unpaired) electrons. The Morgan fingerprint density at radius 3 is 2.47 bits per heavy atom. The summed E-state index contributed by atoms with van der Waals surface area (Å²) >= 11 is 5.79. The SMILES string of the molecule is O=C(Nc1ccc(Cl)cn1)c1ccc(C(F)(F)F)cc1NC(=O)C1CCC(N2CCOCC2=O)CC1. The van der Waals surface area contributed by atoms with E-state index in [0.29, 0.717) is 43.9 Å². The molecule has 2 N–H and O–H groups in total. The van der Waals surface area contributed by atoms with Gasteiger partial charge in [-0.05, 0) is 56.0 Å². The molecular formula is C24H24ClF3N4O4. The van der Waals surface area contributed by atoms with Crippen molar-refractivity contribution in [2.45, 2.75) is 37.9 Å². The largest absolute Gasteiger partial charge is 0.416 e. The van der Waals surface area contributed by atoms with Crippen LogP contribution < -0.4 is 10.6 Å². The second-order valence-electron chi connectivity index (χ2n) is 8.71. The average molecular weight is 525 g/mol. The topological polar surface area (TPSA) is 101 Å². The highest BCUT2D eigenvalue weighted by atomic mass is 35.5. The zero-order valence-electron chi connectivity index (χ0n) is 19.1. The first-order valence-corrected chi connectivity index (χ1v) is 11.8. The van der Waals surface area contributed by atoms with Crippen molar-refractivity contribution in [2.75, 3.05) is 30.4 Å². The Balaban J connectivity index is 1.47. The lowest BCUT2D eigenvalue weighted by Gasteiger charge is -2.38. The highest BCUT2D eigenvalue weighted by molar-refractivity contribution is 6.30. The fourth-order valence-corrected chi connectivity index (χ4v) is 4.57. The molecule has 0 atom stereocenters. The van der Waals surface area contributed by atoms with Crippen molar-refractivity contribution < 1.29 is 32.3 Å².